The largest absolute Gasteiger partial charge is 0.330 e. The summed E-state index contributed by atoms with van der Waals surface area (Å²) in [7, 11) is 0. The van der Waals surface area contributed by atoms with Crippen LogP contribution in [0.25, 0.3) is 0 Å². The van der Waals surface area contributed by atoms with Crippen LogP contribution in [-0.2, 0) is 6.42 Å². The standard InChI is InChI=1S/C16H23ClFN/c1-16(2)6-5-11(10-19)13(9-16)7-12-8-14(17)3-4-15(12)18/h3-4,8,11,13H,5-7,9-10,19H2,1-2H3. The van der Waals surface area contributed by atoms with Crippen molar-refractivity contribution in [3.8, 4) is 0 Å². The molecule has 0 heterocycles. The lowest BCUT2D eigenvalue weighted by molar-refractivity contribution is 0.121. The van der Waals surface area contributed by atoms with Crippen LogP contribution in [0.2, 0.25) is 5.02 Å². The van der Waals surface area contributed by atoms with Gasteiger partial charge in [-0.05, 0) is 73.2 Å². The number of benzene rings is 1. The third-order valence-electron chi connectivity index (χ3n) is 4.47. The summed E-state index contributed by atoms with van der Waals surface area (Å²) in [6.45, 7) is 5.28. The molecule has 1 aliphatic carbocycles. The van der Waals surface area contributed by atoms with Crippen LogP contribution in [0, 0.1) is 23.1 Å². The van der Waals surface area contributed by atoms with Gasteiger partial charge in [0.05, 0.1) is 0 Å². The predicted octanol–water partition coefficient (Wildman–Crippen LogP) is 4.42. The van der Waals surface area contributed by atoms with Crippen LogP contribution in [0.3, 0.4) is 0 Å². The lowest BCUT2D eigenvalue weighted by Crippen LogP contribution is -2.35. The van der Waals surface area contributed by atoms with Gasteiger partial charge in [-0.1, -0.05) is 25.4 Å². The van der Waals surface area contributed by atoms with Gasteiger partial charge in [-0.15, -0.1) is 0 Å². The zero-order valence-electron chi connectivity index (χ0n) is 11.8. The maximum atomic E-state index is 13.9. The van der Waals surface area contributed by atoms with Gasteiger partial charge in [0.1, 0.15) is 5.82 Å². The van der Waals surface area contributed by atoms with Gasteiger partial charge in [0.25, 0.3) is 0 Å². The molecular formula is C16H23ClFN. The summed E-state index contributed by atoms with van der Waals surface area (Å²) in [5.74, 6) is 0.816. The molecule has 106 valence electrons. The summed E-state index contributed by atoms with van der Waals surface area (Å²) >= 11 is 5.97. The van der Waals surface area contributed by atoms with E-state index in [1.165, 1.54) is 12.5 Å². The Morgan fingerprint density at radius 1 is 1.37 bits per heavy atom. The molecule has 1 aliphatic rings. The molecule has 0 amide bonds. The predicted molar refractivity (Wildman–Crippen MR) is 78.8 cm³/mol. The summed E-state index contributed by atoms with van der Waals surface area (Å²) in [5.41, 5.74) is 6.95. The highest BCUT2D eigenvalue weighted by Crippen LogP contribution is 2.43. The quantitative estimate of drug-likeness (QED) is 0.873. The molecule has 19 heavy (non-hydrogen) atoms. The fraction of sp³-hybridized carbons (Fsp3) is 0.625. The van der Waals surface area contributed by atoms with Crippen molar-refractivity contribution in [2.24, 2.45) is 23.0 Å². The highest BCUT2D eigenvalue weighted by molar-refractivity contribution is 6.30. The van der Waals surface area contributed by atoms with E-state index in [1.807, 2.05) is 0 Å². The van der Waals surface area contributed by atoms with Crippen LogP contribution >= 0.6 is 11.6 Å². The molecule has 0 bridgehead atoms. The molecule has 1 aromatic rings. The molecule has 1 aromatic carbocycles. The van der Waals surface area contributed by atoms with Gasteiger partial charge < -0.3 is 5.73 Å². The van der Waals surface area contributed by atoms with Gasteiger partial charge in [0.2, 0.25) is 0 Å². The van der Waals surface area contributed by atoms with Gasteiger partial charge in [-0.3, -0.25) is 0 Å². The highest BCUT2D eigenvalue weighted by Gasteiger charge is 2.34. The number of nitrogens with two attached hydrogens (primary N) is 1. The average Bonchev–Trinajstić information content (AvgIpc) is 2.33. The fourth-order valence-corrected chi connectivity index (χ4v) is 3.52. The van der Waals surface area contributed by atoms with Crippen molar-refractivity contribution in [3.63, 3.8) is 0 Å². The maximum absolute atomic E-state index is 13.9. The maximum Gasteiger partial charge on any atom is 0.126 e. The molecule has 1 fully saturated rings. The third-order valence-corrected chi connectivity index (χ3v) is 4.70. The summed E-state index contributed by atoms with van der Waals surface area (Å²) in [5, 5.41) is 0.607. The molecule has 2 rings (SSSR count). The van der Waals surface area contributed by atoms with E-state index in [-0.39, 0.29) is 5.82 Å². The van der Waals surface area contributed by atoms with Crippen molar-refractivity contribution in [2.45, 2.75) is 39.5 Å². The number of rotatable bonds is 3. The second kappa shape index (κ2) is 5.80. The lowest BCUT2D eigenvalue weighted by atomic mass is 9.65. The van der Waals surface area contributed by atoms with Crippen molar-refractivity contribution >= 4 is 11.6 Å². The molecule has 2 N–H and O–H groups in total. The normalized spacial score (nSPS) is 26.4. The van der Waals surface area contributed by atoms with E-state index >= 15 is 0 Å². The molecule has 0 aromatic heterocycles. The van der Waals surface area contributed by atoms with Crippen LogP contribution in [0.15, 0.2) is 18.2 Å². The van der Waals surface area contributed by atoms with Gasteiger partial charge in [0.15, 0.2) is 0 Å². The monoisotopic (exact) mass is 283 g/mol. The van der Waals surface area contributed by atoms with Crippen LogP contribution in [-0.4, -0.2) is 6.54 Å². The molecule has 1 nitrogen and oxygen atoms in total. The minimum absolute atomic E-state index is 0.149. The summed E-state index contributed by atoms with van der Waals surface area (Å²) in [6.07, 6.45) is 4.22. The van der Waals surface area contributed by atoms with Crippen LogP contribution < -0.4 is 5.73 Å². The lowest BCUT2D eigenvalue weighted by Gasteiger charge is -2.40. The summed E-state index contributed by atoms with van der Waals surface area (Å²) in [6, 6.07) is 4.82. The van der Waals surface area contributed by atoms with E-state index in [9.17, 15) is 4.39 Å². The smallest absolute Gasteiger partial charge is 0.126 e. The topological polar surface area (TPSA) is 26.0 Å². The van der Waals surface area contributed by atoms with E-state index in [0.717, 1.165) is 24.8 Å². The Hall–Kier alpha value is -0.600. The Kier molecular flexibility index (Phi) is 4.52. The first kappa shape index (κ1) is 14.8. The molecule has 0 radical (unpaired) electrons. The number of hydrogen-bond donors (Lipinski definition) is 1. The van der Waals surface area contributed by atoms with Gasteiger partial charge >= 0.3 is 0 Å². The number of halogens is 2. The van der Waals surface area contributed by atoms with E-state index in [1.54, 1.807) is 12.1 Å². The zero-order valence-corrected chi connectivity index (χ0v) is 12.5. The van der Waals surface area contributed by atoms with Gasteiger partial charge in [0, 0.05) is 5.02 Å². The second-order valence-corrected chi connectivity index (χ2v) is 7.04. The Morgan fingerprint density at radius 3 is 2.79 bits per heavy atom. The molecule has 0 spiro atoms. The summed E-state index contributed by atoms with van der Waals surface area (Å²) < 4.78 is 13.9. The first-order valence-corrected chi connectivity index (χ1v) is 7.43. The van der Waals surface area contributed by atoms with Gasteiger partial charge in [-0.2, -0.15) is 0 Å². The molecule has 1 saturated carbocycles. The van der Waals surface area contributed by atoms with Crippen molar-refractivity contribution in [2.75, 3.05) is 6.54 Å². The Balaban J connectivity index is 2.16. The van der Waals surface area contributed by atoms with Crippen molar-refractivity contribution in [1.29, 1.82) is 0 Å². The van der Waals surface area contributed by atoms with Crippen molar-refractivity contribution in [1.82, 2.24) is 0 Å². The first-order chi connectivity index (χ1) is 8.91. The zero-order chi connectivity index (χ0) is 14.0. The molecule has 2 atom stereocenters. The SMILES string of the molecule is CC1(C)CCC(CN)C(Cc2cc(Cl)ccc2F)C1. The molecule has 3 heteroatoms. The molecule has 0 saturated heterocycles. The second-order valence-electron chi connectivity index (χ2n) is 6.60. The van der Waals surface area contributed by atoms with E-state index in [4.69, 9.17) is 17.3 Å². The third kappa shape index (κ3) is 3.70. The Bertz CT molecular complexity index is 444. The van der Waals surface area contributed by atoms with E-state index in [2.05, 4.69) is 13.8 Å². The first-order valence-electron chi connectivity index (χ1n) is 7.05. The minimum atomic E-state index is -0.149. The molecular weight excluding hydrogens is 261 g/mol. The minimum Gasteiger partial charge on any atom is -0.330 e. The molecule has 2 unspecified atom stereocenters. The van der Waals surface area contributed by atoms with Crippen LogP contribution in [0.1, 0.15) is 38.7 Å². The summed E-state index contributed by atoms with van der Waals surface area (Å²) in [4.78, 5) is 0. The fourth-order valence-electron chi connectivity index (χ4n) is 3.32. The van der Waals surface area contributed by atoms with E-state index in [0.29, 0.717) is 28.8 Å². The van der Waals surface area contributed by atoms with Crippen molar-refractivity contribution < 1.29 is 4.39 Å². The Labute approximate surface area is 120 Å². The number of hydrogen-bond acceptors (Lipinski definition) is 1. The van der Waals surface area contributed by atoms with E-state index < -0.39 is 0 Å². The molecule has 0 aliphatic heterocycles. The van der Waals surface area contributed by atoms with Crippen LogP contribution in [0.4, 0.5) is 4.39 Å². The highest BCUT2D eigenvalue weighted by atomic mass is 35.5. The Morgan fingerprint density at radius 2 is 2.11 bits per heavy atom. The van der Waals surface area contributed by atoms with Crippen LogP contribution in [0.5, 0.6) is 0 Å². The van der Waals surface area contributed by atoms with Crippen molar-refractivity contribution in [3.05, 3.63) is 34.6 Å². The average molecular weight is 284 g/mol. The van der Waals surface area contributed by atoms with Gasteiger partial charge in [-0.25, -0.2) is 4.39 Å².